The summed E-state index contributed by atoms with van der Waals surface area (Å²) in [5.74, 6) is 3.07. The predicted molar refractivity (Wildman–Crippen MR) is 50.5 cm³/mol. The molecule has 0 aromatic heterocycles. The van der Waals surface area contributed by atoms with Crippen LogP contribution in [0.5, 0.6) is 0 Å². The van der Waals surface area contributed by atoms with E-state index in [0.29, 0.717) is 23.5 Å². The Bertz CT molecular complexity index is 324. The third-order valence-electron chi connectivity index (χ3n) is 5.76. The van der Waals surface area contributed by atoms with Crippen molar-refractivity contribution in [1.29, 1.82) is 0 Å². The van der Waals surface area contributed by atoms with Gasteiger partial charge in [0.05, 0.1) is 11.5 Å². The van der Waals surface area contributed by atoms with Crippen LogP contribution < -0.4 is 0 Å². The van der Waals surface area contributed by atoms with Gasteiger partial charge in [-0.1, -0.05) is 0 Å². The number of Topliss-reactive ketones (excluding diaryl/α,β-unsaturated/α-hetero) is 1. The molecule has 0 amide bonds. The average molecular weight is 192 g/mol. The molecule has 0 aromatic rings. The monoisotopic (exact) mass is 192 g/mol. The molecule has 6 atom stereocenters. The number of aliphatic hydroxyl groups is 1. The van der Waals surface area contributed by atoms with Crippen molar-refractivity contribution >= 4 is 5.78 Å². The Morgan fingerprint density at radius 1 is 1.29 bits per heavy atom. The predicted octanol–water partition coefficient (Wildman–Crippen LogP) is 1.37. The Kier molecular flexibility index (Phi) is 1.17. The van der Waals surface area contributed by atoms with Gasteiger partial charge in [0.2, 0.25) is 0 Å². The number of hydrogen-bond donors (Lipinski definition) is 1. The molecule has 0 aliphatic heterocycles. The normalized spacial score (nSPS) is 63.8. The van der Waals surface area contributed by atoms with E-state index >= 15 is 0 Å². The highest BCUT2D eigenvalue weighted by Gasteiger charge is 2.76. The van der Waals surface area contributed by atoms with Gasteiger partial charge in [-0.2, -0.15) is 0 Å². The molecule has 1 N–H and O–H groups in total. The standard InChI is InChI=1S/C12H16O2/c13-9-4-3-8-7-2-1-6-5-10(14)12(8,9)11(6)7/h6-8,10-11,14H,1-5H2/t6-,7?,8-,10-,11?,12?/m0/s1. The molecule has 0 saturated heterocycles. The van der Waals surface area contributed by atoms with E-state index in [2.05, 4.69) is 0 Å². The molecule has 14 heavy (non-hydrogen) atoms. The number of carbonyl (C=O) groups is 1. The first-order valence-electron chi connectivity index (χ1n) is 5.97. The Labute approximate surface area is 83.7 Å². The van der Waals surface area contributed by atoms with E-state index in [1.807, 2.05) is 0 Å². The first kappa shape index (κ1) is 7.86. The van der Waals surface area contributed by atoms with Gasteiger partial charge in [-0.3, -0.25) is 4.79 Å². The average Bonchev–Trinajstić information content (AvgIpc) is 2.63. The van der Waals surface area contributed by atoms with E-state index in [-0.39, 0.29) is 11.5 Å². The van der Waals surface area contributed by atoms with Crippen molar-refractivity contribution in [3.63, 3.8) is 0 Å². The smallest absolute Gasteiger partial charge is 0.142 e. The minimum atomic E-state index is -0.283. The van der Waals surface area contributed by atoms with Crippen LogP contribution in [0, 0.1) is 29.1 Å². The lowest BCUT2D eigenvalue weighted by atomic mass is 9.49. The van der Waals surface area contributed by atoms with Gasteiger partial charge in [-0.05, 0) is 49.4 Å². The van der Waals surface area contributed by atoms with E-state index in [1.54, 1.807) is 0 Å². The molecule has 4 fully saturated rings. The molecule has 0 radical (unpaired) electrons. The van der Waals surface area contributed by atoms with Gasteiger partial charge in [-0.25, -0.2) is 0 Å². The summed E-state index contributed by atoms with van der Waals surface area (Å²) >= 11 is 0. The van der Waals surface area contributed by atoms with E-state index in [0.717, 1.165) is 25.2 Å². The number of carbonyl (C=O) groups excluding carboxylic acids is 1. The lowest BCUT2D eigenvalue weighted by Gasteiger charge is -2.54. The molecule has 2 nitrogen and oxygen atoms in total. The number of fused-ring (bicyclic) bond motifs is 1. The van der Waals surface area contributed by atoms with Crippen LogP contribution in [0.2, 0.25) is 0 Å². The van der Waals surface area contributed by atoms with E-state index in [4.69, 9.17) is 0 Å². The second kappa shape index (κ2) is 2.08. The van der Waals surface area contributed by atoms with Crippen LogP contribution in [-0.4, -0.2) is 17.0 Å². The molecule has 0 aromatic carbocycles. The molecule has 2 heteroatoms. The zero-order chi connectivity index (χ0) is 9.50. The second-order valence-electron chi connectivity index (χ2n) is 5.78. The zero-order valence-electron chi connectivity index (χ0n) is 8.28. The van der Waals surface area contributed by atoms with Gasteiger partial charge >= 0.3 is 0 Å². The van der Waals surface area contributed by atoms with Gasteiger partial charge in [0.15, 0.2) is 0 Å². The molecule has 0 heterocycles. The van der Waals surface area contributed by atoms with E-state index in [1.165, 1.54) is 12.8 Å². The molecule has 4 rings (SSSR count). The maximum absolute atomic E-state index is 12.0. The minimum absolute atomic E-state index is 0.216. The summed E-state index contributed by atoms with van der Waals surface area (Å²) in [6.45, 7) is 0. The zero-order valence-corrected chi connectivity index (χ0v) is 8.28. The van der Waals surface area contributed by atoms with Crippen molar-refractivity contribution in [2.45, 2.75) is 38.2 Å². The topological polar surface area (TPSA) is 37.3 Å². The minimum Gasteiger partial charge on any atom is -0.392 e. The maximum Gasteiger partial charge on any atom is 0.142 e. The largest absolute Gasteiger partial charge is 0.392 e. The quantitative estimate of drug-likeness (QED) is 0.629. The number of hydrogen-bond acceptors (Lipinski definition) is 2. The van der Waals surface area contributed by atoms with Crippen molar-refractivity contribution in [1.82, 2.24) is 0 Å². The van der Waals surface area contributed by atoms with Crippen molar-refractivity contribution < 1.29 is 9.90 Å². The van der Waals surface area contributed by atoms with Gasteiger partial charge in [0.25, 0.3) is 0 Å². The lowest BCUT2D eigenvalue weighted by molar-refractivity contribution is -0.161. The van der Waals surface area contributed by atoms with Crippen molar-refractivity contribution in [3.05, 3.63) is 0 Å². The summed E-state index contributed by atoms with van der Waals surface area (Å²) in [4.78, 5) is 12.0. The summed E-state index contributed by atoms with van der Waals surface area (Å²) < 4.78 is 0. The molecule has 0 bridgehead atoms. The molecule has 4 saturated carbocycles. The maximum atomic E-state index is 12.0. The van der Waals surface area contributed by atoms with Gasteiger partial charge in [0.1, 0.15) is 5.78 Å². The fourth-order valence-electron chi connectivity index (χ4n) is 5.54. The summed E-state index contributed by atoms with van der Waals surface area (Å²) in [5.41, 5.74) is -0.216. The van der Waals surface area contributed by atoms with Crippen LogP contribution in [0.3, 0.4) is 0 Å². The third-order valence-corrected chi connectivity index (χ3v) is 5.76. The van der Waals surface area contributed by atoms with Crippen LogP contribution in [0.4, 0.5) is 0 Å². The summed E-state index contributed by atoms with van der Waals surface area (Å²) in [6.07, 6.45) is 5.07. The molecule has 4 aliphatic rings. The number of ketones is 1. The highest BCUT2D eigenvalue weighted by molar-refractivity contribution is 5.90. The van der Waals surface area contributed by atoms with Crippen LogP contribution in [-0.2, 0) is 4.79 Å². The van der Waals surface area contributed by atoms with Crippen LogP contribution >= 0.6 is 0 Å². The fourth-order valence-corrected chi connectivity index (χ4v) is 5.54. The Hall–Kier alpha value is -0.370. The Morgan fingerprint density at radius 3 is 3.00 bits per heavy atom. The van der Waals surface area contributed by atoms with Gasteiger partial charge in [0, 0.05) is 6.42 Å². The molecule has 4 aliphatic carbocycles. The Balaban J connectivity index is 1.88. The first-order valence-corrected chi connectivity index (χ1v) is 5.97. The van der Waals surface area contributed by atoms with Crippen LogP contribution in [0.1, 0.15) is 32.1 Å². The summed E-state index contributed by atoms with van der Waals surface area (Å²) in [7, 11) is 0. The molecule has 76 valence electrons. The molecular formula is C12H16O2. The fraction of sp³-hybridized carbons (Fsp3) is 0.917. The first-order chi connectivity index (χ1) is 6.76. The summed E-state index contributed by atoms with van der Waals surface area (Å²) in [5, 5.41) is 10.2. The summed E-state index contributed by atoms with van der Waals surface area (Å²) in [6, 6.07) is 0. The van der Waals surface area contributed by atoms with Crippen molar-refractivity contribution in [2.24, 2.45) is 29.1 Å². The van der Waals surface area contributed by atoms with Gasteiger partial charge < -0.3 is 5.11 Å². The van der Waals surface area contributed by atoms with Crippen molar-refractivity contribution in [3.8, 4) is 0 Å². The molecule has 1 spiro atoms. The molecule has 3 unspecified atom stereocenters. The Morgan fingerprint density at radius 2 is 2.14 bits per heavy atom. The highest BCUT2D eigenvalue weighted by Crippen LogP contribution is 2.75. The third kappa shape index (κ3) is 0.534. The van der Waals surface area contributed by atoms with Crippen molar-refractivity contribution in [2.75, 3.05) is 0 Å². The van der Waals surface area contributed by atoms with Crippen LogP contribution in [0.25, 0.3) is 0 Å². The van der Waals surface area contributed by atoms with Crippen LogP contribution in [0.15, 0.2) is 0 Å². The SMILES string of the molecule is O=C1CC[C@H]2C3CC[C@H]4C[C@H](O)C12C34. The van der Waals surface area contributed by atoms with Gasteiger partial charge in [-0.15, -0.1) is 0 Å². The number of aliphatic hydroxyl groups excluding tert-OH is 1. The highest BCUT2D eigenvalue weighted by atomic mass is 16.3. The molecular weight excluding hydrogens is 176 g/mol. The lowest BCUT2D eigenvalue weighted by Crippen LogP contribution is -2.58. The van der Waals surface area contributed by atoms with E-state index in [9.17, 15) is 9.90 Å². The number of rotatable bonds is 0. The van der Waals surface area contributed by atoms with E-state index < -0.39 is 0 Å². The second-order valence-corrected chi connectivity index (χ2v) is 5.78.